The third kappa shape index (κ3) is 4.52. The molecule has 4 amide bonds. The fraction of sp³-hybridized carbons (Fsp3) is 0.0800. The van der Waals surface area contributed by atoms with Crippen LogP contribution < -0.4 is 15.4 Å². The van der Waals surface area contributed by atoms with Crippen LogP contribution in [-0.4, -0.2) is 36.4 Å². The molecule has 1 aliphatic heterocycles. The van der Waals surface area contributed by atoms with Gasteiger partial charge in [-0.25, -0.2) is 9.69 Å². The summed E-state index contributed by atoms with van der Waals surface area (Å²) in [6.45, 7) is -0.410. The number of carbonyl (C=O) groups is 3. The highest BCUT2D eigenvalue weighted by Crippen LogP contribution is 2.24. The van der Waals surface area contributed by atoms with Crippen molar-refractivity contribution < 1.29 is 19.1 Å². The van der Waals surface area contributed by atoms with Crippen LogP contribution in [0.3, 0.4) is 0 Å². The standard InChI is InChI=1S/C25H21N3O4/c1-32-22-10-6-5-9-20(22)26-23(29)16-28-24(30)21(27-25(28)31)15-17-11-13-19(14-12-17)18-7-3-2-4-8-18/h2-15H,16H2,1H3,(H,26,29)(H,27,31)/b21-15+. The van der Waals surface area contributed by atoms with Crippen LogP contribution in [0.4, 0.5) is 10.5 Å². The number of urea groups is 1. The monoisotopic (exact) mass is 427 g/mol. The number of ether oxygens (including phenoxy) is 1. The molecule has 0 aliphatic carbocycles. The number of methoxy groups -OCH3 is 1. The topological polar surface area (TPSA) is 87.7 Å². The van der Waals surface area contributed by atoms with E-state index in [1.165, 1.54) is 7.11 Å². The molecule has 1 heterocycles. The Morgan fingerprint density at radius 1 is 0.938 bits per heavy atom. The number of nitrogens with zero attached hydrogens (tertiary/aromatic N) is 1. The molecule has 3 aromatic rings. The fourth-order valence-electron chi connectivity index (χ4n) is 3.37. The van der Waals surface area contributed by atoms with Crippen LogP contribution in [0.5, 0.6) is 5.75 Å². The van der Waals surface area contributed by atoms with Crippen molar-refractivity contribution >= 4 is 29.6 Å². The summed E-state index contributed by atoms with van der Waals surface area (Å²) in [4.78, 5) is 38.2. The summed E-state index contributed by atoms with van der Waals surface area (Å²) < 4.78 is 5.19. The van der Waals surface area contributed by atoms with E-state index < -0.39 is 24.4 Å². The molecule has 0 bridgehead atoms. The van der Waals surface area contributed by atoms with Crippen LogP contribution in [0.2, 0.25) is 0 Å². The SMILES string of the molecule is COc1ccccc1NC(=O)CN1C(=O)N/C(=C/c2ccc(-c3ccccc3)cc2)C1=O. The molecule has 0 radical (unpaired) electrons. The van der Waals surface area contributed by atoms with Crippen molar-refractivity contribution in [2.45, 2.75) is 0 Å². The highest BCUT2D eigenvalue weighted by molar-refractivity contribution is 6.16. The molecule has 0 unspecified atom stereocenters. The van der Waals surface area contributed by atoms with E-state index in [0.29, 0.717) is 11.4 Å². The number of rotatable bonds is 6. The molecule has 4 rings (SSSR count). The fourth-order valence-corrected chi connectivity index (χ4v) is 3.37. The molecule has 7 nitrogen and oxygen atoms in total. The van der Waals surface area contributed by atoms with Crippen molar-refractivity contribution in [2.75, 3.05) is 19.0 Å². The molecule has 0 saturated carbocycles. The van der Waals surface area contributed by atoms with Gasteiger partial charge in [0.1, 0.15) is 18.0 Å². The molecule has 1 saturated heterocycles. The van der Waals surface area contributed by atoms with Crippen LogP contribution in [0, 0.1) is 0 Å². The van der Waals surface area contributed by atoms with Gasteiger partial charge in [-0.3, -0.25) is 9.59 Å². The van der Waals surface area contributed by atoms with Gasteiger partial charge in [0.25, 0.3) is 5.91 Å². The van der Waals surface area contributed by atoms with Gasteiger partial charge in [-0.05, 0) is 34.9 Å². The summed E-state index contributed by atoms with van der Waals surface area (Å²) in [5, 5.41) is 5.19. The lowest BCUT2D eigenvalue weighted by molar-refractivity contribution is -0.127. The maximum Gasteiger partial charge on any atom is 0.329 e. The first-order chi connectivity index (χ1) is 15.5. The molecular weight excluding hydrogens is 406 g/mol. The third-order valence-electron chi connectivity index (χ3n) is 4.97. The van der Waals surface area contributed by atoms with Crippen LogP contribution in [0.1, 0.15) is 5.56 Å². The van der Waals surface area contributed by atoms with E-state index in [1.54, 1.807) is 30.3 Å². The first kappa shape index (κ1) is 20.9. The number of hydrogen-bond donors (Lipinski definition) is 2. The molecule has 160 valence electrons. The Kier molecular flexibility index (Phi) is 5.98. The van der Waals surface area contributed by atoms with Gasteiger partial charge in [-0.15, -0.1) is 0 Å². The summed E-state index contributed by atoms with van der Waals surface area (Å²) in [5.74, 6) is -0.582. The Morgan fingerprint density at radius 3 is 2.31 bits per heavy atom. The van der Waals surface area contributed by atoms with Crippen molar-refractivity contribution in [3.05, 3.63) is 90.1 Å². The molecular formula is C25H21N3O4. The zero-order valence-electron chi connectivity index (χ0n) is 17.4. The lowest BCUT2D eigenvalue weighted by atomic mass is 10.0. The number of nitrogens with one attached hydrogen (secondary N) is 2. The van der Waals surface area contributed by atoms with Crippen molar-refractivity contribution in [1.29, 1.82) is 0 Å². The third-order valence-corrected chi connectivity index (χ3v) is 4.97. The average Bonchev–Trinajstić information content (AvgIpc) is 3.07. The largest absolute Gasteiger partial charge is 0.495 e. The second kappa shape index (κ2) is 9.18. The van der Waals surface area contributed by atoms with E-state index >= 15 is 0 Å². The van der Waals surface area contributed by atoms with E-state index in [0.717, 1.165) is 21.6 Å². The first-order valence-electron chi connectivity index (χ1n) is 9.98. The summed E-state index contributed by atoms with van der Waals surface area (Å²) in [6, 6.07) is 23.8. The quantitative estimate of drug-likeness (QED) is 0.461. The van der Waals surface area contributed by atoms with Crippen molar-refractivity contribution in [1.82, 2.24) is 10.2 Å². The molecule has 7 heteroatoms. The lowest BCUT2D eigenvalue weighted by Gasteiger charge is -2.13. The predicted molar refractivity (Wildman–Crippen MR) is 122 cm³/mol. The normalized spacial score (nSPS) is 14.4. The van der Waals surface area contributed by atoms with E-state index in [4.69, 9.17) is 4.74 Å². The van der Waals surface area contributed by atoms with Gasteiger partial charge in [0, 0.05) is 0 Å². The zero-order valence-corrected chi connectivity index (χ0v) is 17.4. The second-order valence-corrected chi connectivity index (χ2v) is 7.12. The number of imide groups is 1. The molecule has 1 fully saturated rings. The van der Waals surface area contributed by atoms with E-state index in [-0.39, 0.29) is 5.70 Å². The predicted octanol–water partition coefficient (Wildman–Crippen LogP) is 3.89. The molecule has 0 aromatic heterocycles. The van der Waals surface area contributed by atoms with Gasteiger partial charge < -0.3 is 15.4 Å². The lowest BCUT2D eigenvalue weighted by Crippen LogP contribution is -2.38. The van der Waals surface area contributed by atoms with Gasteiger partial charge in [-0.1, -0.05) is 66.7 Å². The van der Waals surface area contributed by atoms with E-state index in [1.807, 2.05) is 54.6 Å². The van der Waals surface area contributed by atoms with Gasteiger partial charge in [0.2, 0.25) is 5.91 Å². The van der Waals surface area contributed by atoms with Crippen LogP contribution in [0.15, 0.2) is 84.6 Å². The number of para-hydroxylation sites is 2. The summed E-state index contributed by atoms with van der Waals surface area (Å²) >= 11 is 0. The Labute approximate surface area is 185 Å². The molecule has 0 atom stereocenters. The van der Waals surface area contributed by atoms with Crippen molar-refractivity contribution in [3.8, 4) is 16.9 Å². The van der Waals surface area contributed by atoms with Crippen molar-refractivity contribution in [3.63, 3.8) is 0 Å². The van der Waals surface area contributed by atoms with Crippen LogP contribution in [-0.2, 0) is 9.59 Å². The minimum absolute atomic E-state index is 0.118. The second-order valence-electron chi connectivity index (χ2n) is 7.12. The molecule has 32 heavy (non-hydrogen) atoms. The average molecular weight is 427 g/mol. The highest BCUT2D eigenvalue weighted by Gasteiger charge is 2.35. The zero-order chi connectivity index (χ0) is 22.5. The molecule has 3 aromatic carbocycles. The van der Waals surface area contributed by atoms with Gasteiger partial charge in [0.05, 0.1) is 12.8 Å². The highest BCUT2D eigenvalue weighted by atomic mass is 16.5. The van der Waals surface area contributed by atoms with Crippen molar-refractivity contribution in [2.24, 2.45) is 0 Å². The molecule has 0 spiro atoms. The van der Waals surface area contributed by atoms with Crippen LogP contribution >= 0.6 is 0 Å². The number of amides is 4. The Bertz CT molecular complexity index is 1190. The number of anilines is 1. The Hall–Kier alpha value is -4.39. The van der Waals surface area contributed by atoms with E-state index in [2.05, 4.69) is 10.6 Å². The maximum atomic E-state index is 12.7. The first-order valence-corrected chi connectivity index (χ1v) is 9.98. The van der Waals surface area contributed by atoms with Gasteiger partial charge >= 0.3 is 6.03 Å². The number of benzene rings is 3. The van der Waals surface area contributed by atoms with Crippen LogP contribution in [0.25, 0.3) is 17.2 Å². The molecule has 1 aliphatic rings. The number of hydrogen-bond acceptors (Lipinski definition) is 4. The maximum absolute atomic E-state index is 12.7. The summed E-state index contributed by atoms with van der Waals surface area (Å²) in [5.41, 5.74) is 3.47. The Balaban J connectivity index is 1.44. The number of carbonyl (C=O) groups excluding carboxylic acids is 3. The van der Waals surface area contributed by atoms with Gasteiger partial charge in [-0.2, -0.15) is 0 Å². The van der Waals surface area contributed by atoms with Gasteiger partial charge in [0.15, 0.2) is 0 Å². The summed E-state index contributed by atoms with van der Waals surface area (Å²) in [6.07, 6.45) is 1.59. The van der Waals surface area contributed by atoms with E-state index in [9.17, 15) is 14.4 Å². The smallest absolute Gasteiger partial charge is 0.329 e. The summed E-state index contributed by atoms with van der Waals surface area (Å²) in [7, 11) is 1.49. The Morgan fingerprint density at radius 2 is 1.59 bits per heavy atom. The minimum atomic E-state index is -0.641. The molecule has 2 N–H and O–H groups in total. The minimum Gasteiger partial charge on any atom is -0.495 e.